The van der Waals surface area contributed by atoms with Crippen molar-refractivity contribution in [1.29, 1.82) is 0 Å². The molecule has 0 bridgehead atoms. The number of rotatable bonds is 12. The maximum Gasteiger partial charge on any atom is 0.0709 e. The maximum atomic E-state index is 4.43. The molecule has 6 radical (unpaired) electrons. The second-order valence-corrected chi connectivity index (χ2v) is 11.4. The molecule has 6 aromatic heterocycles. The molecule has 6 heterocycles. The van der Waals surface area contributed by atoms with Gasteiger partial charge in [-0.3, -0.25) is 19.9 Å². The molecule has 0 saturated heterocycles. The predicted octanol–water partition coefficient (Wildman–Crippen LogP) is 20.7. The van der Waals surface area contributed by atoms with Crippen LogP contribution in [0.4, 0.5) is 0 Å². The molecule has 0 aromatic carbocycles. The van der Waals surface area contributed by atoms with Crippen molar-refractivity contribution in [2.45, 2.75) is 44.6 Å². The van der Waals surface area contributed by atoms with Crippen LogP contribution in [0.25, 0.3) is 72.9 Å². The molecule has 6 rings (SSSR count). The molecule has 0 fully saturated rings. The Hall–Kier alpha value is -3.78. The second-order valence-electron chi connectivity index (χ2n) is 11.4. The first-order valence-electron chi connectivity index (χ1n) is 18.5. The standard InChI is InChI=1S/C15H15N.2C9H9N.3C7H7N.6CH4.6CH3.6Nb/c1-6-11-12(7-2)14(9-4)16-15(10-5)13(11)8-3;1-3-8-5-9(4-2)7-10-6-8;1-3-8-6-5-7-9(4-2)10-8;1-2-7-3-5-8-6-4-7;1-2-7-4-3-5-8-6-7;1-2-7-5-3-4-6-8-7;;;;;;;;;;;;;;;;;;/h6-10H,1-5H2;2*3-7H,1-2H2;3*2-6H,1H2;6*1H4;6*1H3;;;;;;/q;;;;;;;;;;;;6*-1;;;;;;. The zero-order valence-corrected chi connectivity index (χ0v) is 56.4. The summed E-state index contributed by atoms with van der Waals surface area (Å²) in [6.07, 6.45) is 33.2. The summed E-state index contributed by atoms with van der Waals surface area (Å²) in [5.41, 5.74) is 11.3. The van der Waals surface area contributed by atoms with Crippen LogP contribution in [0, 0.1) is 44.6 Å². The molecule has 6 nitrogen and oxygen atoms in total. The SMILES string of the molecule is C.C.C.C.C.C.C=Cc1cccc(C=C)n1.C=Cc1ccccn1.C=Cc1cccnc1.C=Cc1ccncc1.C=Cc1cncc(C=C)c1.C=Cc1nc(C=C)c(C=C)c(C=C)c1C=C.[CH3-].[CH3-].[CH3-].[CH3-].[CH3-].[CH3-].[Nb].[Nb].[Nb].[Nb].[Nb].[Nb]. The third-order valence-electron chi connectivity index (χ3n) is 7.59. The molecule has 0 aliphatic carbocycles. The Morgan fingerprint density at radius 1 is 0.282 bits per heavy atom. The third-order valence-corrected chi connectivity index (χ3v) is 7.59. The van der Waals surface area contributed by atoms with Crippen LogP contribution in [0.2, 0.25) is 0 Å². The van der Waals surface area contributed by atoms with Crippen molar-refractivity contribution < 1.29 is 134 Å². The van der Waals surface area contributed by atoms with Gasteiger partial charge < -0.3 is 44.6 Å². The Morgan fingerprint density at radius 2 is 0.667 bits per heavy atom. The molecule has 0 spiro atoms. The number of hydrogen-bond acceptors (Lipinski definition) is 6. The third kappa shape index (κ3) is 51.6. The van der Waals surface area contributed by atoms with Crippen molar-refractivity contribution in [2.75, 3.05) is 0 Å². The molecular weight excluding hydrogens is 1430 g/mol. The molecule has 0 aliphatic rings. The quantitative estimate of drug-likeness (QED) is 0.0897. The van der Waals surface area contributed by atoms with Gasteiger partial charge in [0.1, 0.15) is 0 Å². The van der Waals surface area contributed by atoms with Crippen LogP contribution >= 0.6 is 0 Å². The van der Waals surface area contributed by atoms with Gasteiger partial charge in [-0.2, -0.15) is 0 Å². The molecule has 12 heteroatoms. The number of hydrogen-bond donors (Lipinski definition) is 0. The fourth-order valence-corrected chi connectivity index (χ4v) is 4.52. The largest absolute Gasteiger partial charge is 0.358 e. The minimum Gasteiger partial charge on any atom is -0.358 e. The number of aromatic nitrogens is 6. The molecule has 0 N–H and O–H groups in total. The normalized spacial score (nSPS) is 6.77. The van der Waals surface area contributed by atoms with Crippen LogP contribution in [0.15, 0.2) is 189 Å². The first-order valence-corrected chi connectivity index (χ1v) is 18.5. The van der Waals surface area contributed by atoms with Crippen molar-refractivity contribution in [1.82, 2.24) is 29.9 Å². The molecule has 0 unspecified atom stereocenters. The summed E-state index contributed by atoms with van der Waals surface area (Å²) in [5.74, 6) is 0. The van der Waals surface area contributed by atoms with Gasteiger partial charge in [0.05, 0.1) is 28.5 Å². The van der Waals surface area contributed by atoms with Crippen LogP contribution in [-0.2, 0) is 134 Å². The minimum absolute atomic E-state index is 0. The maximum absolute atomic E-state index is 4.43. The summed E-state index contributed by atoms with van der Waals surface area (Å²) >= 11 is 0. The molecule has 0 atom stereocenters. The van der Waals surface area contributed by atoms with Crippen LogP contribution < -0.4 is 0 Å². The monoisotopic (exact) mass is 1530 g/mol. The van der Waals surface area contributed by atoms with Crippen LogP contribution in [0.1, 0.15) is 112 Å². The van der Waals surface area contributed by atoms with E-state index in [0.29, 0.717) is 0 Å². The van der Waals surface area contributed by atoms with Crippen LogP contribution in [-0.4, -0.2) is 29.9 Å². The zero-order chi connectivity index (χ0) is 44.4. The Kier molecular flexibility index (Phi) is 132. The molecule has 6 aromatic rings. The summed E-state index contributed by atoms with van der Waals surface area (Å²) in [4.78, 5) is 24.3. The van der Waals surface area contributed by atoms with Gasteiger partial charge in [-0.15, -0.1) is 0 Å². The van der Waals surface area contributed by atoms with Crippen LogP contribution in [0.5, 0.6) is 0 Å². The topological polar surface area (TPSA) is 77.3 Å². The van der Waals surface area contributed by atoms with E-state index in [9.17, 15) is 0 Å². The van der Waals surface area contributed by atoms with Crippen LogP contribution in [0.3, 0.4) is 0 Å². The summed E-state index contributed by atoms with van der Waals surface area (Å²) in [5, 5.41) is 0. The van der Waals surface area contributed by atoms with Crippen molar-refractivity contribution in [3.05, 3.63) is 301 Å². The molecule has 0 aliphatic heterocycles. The molecule has 426 valence electrons. The Labute approximate surface area is 576 Å². The van der Waals surface area contributed by atoms with Gasteiger partial charge in [-0.05, 0) is 107 Å². The zero-order valence-electron chi connectivity index (χ0n) is 43.2. The van der Waals surface area contributed by atoms with E-state index < -0.39 is 0 Å². The van der Waals surface area contributed by atoms with E-state index in [1.165, 1.54) is 0 Å². The van der Waals surface area contributed by atoms with Crippen molar-refractivity contribution in [3.8, 4) is 0 Å². The van der Waals surface area contributed by atoms with Gasteiger partial charge in [0.15, 0.2) is 0 Å². The summed E-state index contributed by atoms with van der Waals surface area (Å²) in [6.45, 7) is 44.1. The number of nitrogens with zero attached hydrogens (tertiary/aromatic N) is 6. The molecule has 0 saturated carbocycles. The van der Waals surface area contributed by atoms with Gasteiger partial charge in [-0.1, -0.05) is 184 Å². The van der Waals surface area contributed by atoms with Crippen molar-refractivity contribution >= 4 is 72.9 Å². The van der Waals surface area contributed by atoms with E-state index in [1.54, 1.807) is 116 Å². The van der Waals surface area contributed by atoms with E-state index in [-0.39, 0.29) is 223 Å². The van der Waals surface area contributed by atoms with E-state index in [1.807, 2.05) is 66.7 Å². The Morgan fingerprint density at radius 3 is 0.936 bits per heavy atom. The Bertz CT molecular complexity index is 2110. The molecule has 78 heavy (non-hydrogen) atoms. The van der Waals surface area contributed by atoms with Crippen molar-refractivity contribution in [2.24, 2.45) is 0 Å². The van der Waals surface area contributed by atoms with E-state index in [4.69, 9.17) is 0 Å². The molecule has 0 amide bonds. The van der Waals surface area contributed by atoms with Gasteiger partial charge >= 0.3 is 0 Å². The van der Waals surface area contributed by atoms with Gasteiger partial charge in [0.2, 0.25) is 0 Å². The van der Waals surface area contributed by atoms with Crippen molar-refractivity contribution in [3.63, 3.8) is 0 Å². The second kappa shape index (κ2) is 82.1. The van der Waals surface area contributed by atoms with Gasteiger partial charge in [0.25, 0.3) is 0 Å². The van der Waals surface area contributed by atoms with E-state index in [0.717, 1.165) is 67.4 Å². The average molecular weight is 1530 g/mol. The smallest absolute Gasteiger partial charge is 0.0709 e. The Balaban J connectivity index is -0.0000000336. The first kappa shape index (κ1) is 126. The van der Waals surface area contributed by atoms with Gasteiger partial charge in [-0.25, -0.2) is 9.97 Å². The summed E-state index contributed by atoms with van der Waals surface area (Å²) in [6, 6.07) is 21.1. The predicted molar refractivity (Wildman–Crippen MR) is 345 cm³/mol. The first-order chi connectivity index (χ1) is 29.2. The van der Waals surface area contributed by atoms with E-state index >= 15 is 0 Å². The fourth-order valence-electron chi connectivity index (χ4n) is 4.52. The summed E-state index contributed by atoms with van der Waals surface area (Å²) < 4.78 is 0. The average Bonchev–Trinajstić information content (AvgIpc) is 3.34. The minimum atomic E-state index is 0. The number of pyridine rings is 6. The fraction of sp³-hybridized carbons (Fsp3) is 0.0909. The van der Waals surface area contributed by atoms with Gasteiger partial charge in [0, 0.05) is 189 Å². The summed E-state index contributed by atoms with van der Waals surface area (Å²) in [7, 11) is 0. The van der Waals surface area contributed by atoms with E-state index in [2.05, 4.69) is 109 Å². The molecular formula is C66H96N6Nb6-6.